The number of carbonyl (C=O) groups excluding carboxylic acids is 2. The van der Waals surface area contributed by atoms with E-state index in [1.54, 1.807) is 18.2 Å². The van der Waals surface area contributed by atoms with Gasteiger partial charge < -0.3 is 25.0 Å². The number of aliphatic hydroxyl groups is 1. The summed E-state index contributed by atoms with van der Waals surface area (Å²) in [4.78, 5) is 29.2. The Morgan fingerprint density at radius 3 is 2.39 bits per heavy atom. The quantitative estimate of drug-likeness (QED) is 0.302. The van der Waals surface area contributed by atoms with Crippen molar-refractivity contribution in [1.82, 2.24) is 20.2 Å². The Labute approximate surface area is 229 Å². The summed E-state index contributed by atoms with van der Waals surface area (Å²) < 4.78 is 7.67. The number of benzene rings is 2. The smallest absolute Gasteiger partial charge is 0.251 e. The van der Waals surface area contributed by atoms with Crippen LogP contribution >= 0.6 is 11.6 Å². The van der Waals surface area contributed by atoms with E-state index < -0.39 is 0 Å². The van der Waals surface area contributed by atoms with Crippen LogP contribution in [0.15, 0.2) is 48.7 Å². The number of aliphatic hydroxyl groups excluding tert-OH is 1. The molecule has 0 aliphatic rings. The topological polar surface area (TPSA) is 105 Å². The molecule has 1 heterocycles. The van der Waals surface area contributed by atoms with Gasteiger partial charge in [-0.05, 0) is 64.3 Å². The summed E-state index contributed by atoms with van der Waals surface area (Å²) in [5.41, 5.74) is 3.24. The molecule has 38 heavy (non-hydrogen) atoms. The number of hydrogen-bond acceptors (Lipinski definition) is 5. The lowest BCUT2D eigenvalue weighted by molar-refractivity contribution is -0.119. The van der Waals surface area contributed by atoms with Crippen LogP contribution in [0.1, 0.15) is 68.8 Å². The highest BCUT2D eigenvalue weighted by Gasteiger charge is 2.18. The predicted octanol–water partition coefficient (Wildman–Crippen LogP) is 4.93. The van der Waals surface area contributed by atoms with Gasteiger partial charge in [-0.15, -0.1) is 0 Å². The molecule has 2 amide bonds. The van der Waals surface area contributed by atoms with E-state index in [2.05, 4.69) is 10.6 Å². The molecule has 0 spiro atoms. The van der Waals surface area contributed by atoms with Crippen LogP contribution in [-0.2, 0) is 17.8 Å². The molecule has 0 fully saturated rings. The summed E-state index contributed by atoms with van der Waals surface area (Å²) in [5, 5.41) is 15.9. The molecule has 2 aromatic carbocycles. The monoisotopic (exact) mass is 540 g/mol. The second-order valence-electron chi connectivity index (χ2n) is 9.59. The number of nitrogens with one attached hydrogen (secondary N) is 2. The van der Waals surface area contributed by atoms with E-state index in [1.165, 1.54) is 6.92 Å². The van der Waals surface area contributed by atoms with E-state index in [4.69, 9.17) is 21.3 Å². The lowest BCUT2D eigenvalue weighted by atomic mass is 10.0. The fourth-order valence-corrected chi connectivity index (χ4v) is 4.50. The van der Waals surface area contributed by atoms with E-state index in [0.29, 0.717) is 29.2 Å². The van der Waals surface area contributed by atoms with Gasteiger partial charge >= 0.3 is 0 Å². The standard InChI is InChI=1S/C29H37ClN4O4/c1-6-34-17-26(33-28(34)19(4)31-20(5)36)22-9-7-21(8-10-22)15-24(13-14-35)32-29(37)23-11-12-27(25(30)16-23)38-18(2)3/h7-12,16-19,24,35H,6,13-15H2,1-5H3,(H,31,36)(H,32,37)/t19?,24-/m1/s1. The number of aromatic nitrogens is 2. The maximum Gasteiger partial charge on any atom is 0.251 e. The number of halogens is 1. The Kier molecular flexibility index (Phi) is 10.3. The zero-order valence-electron chi connectivity index (χ0n) is 22.6. The summed E-state index contributed by atoms with van der Waals surface area (Å²) in [5.74, 6) is 0.977. The van der Waals surface area contributed by atoms with Crippen LogP contribution in [0.25, 0.3) is 11.3 Å². The number of imidazole rings is 1. The summed E-state index contributed by atoms with van der Waals surface area (Å²) in [6.07, 6.45) is 2.94. The number of hydrogen-bond donors (Lipinski definition) is 3. The normalized spacial score (nSPS) is 12.7. The van der Waals surface area contributed by atoms with Gasteiger partial charge in [0, 0.05) is 43.4 Å². The van der Waals surface area contributed by atoms with Gasteiger partial charge in [0.15, 0.2) is 0 Å². The van der Waals surface area contributed by atoms with Crippen molar-refractivity contribution in [3.63, 3.8) is 0 Å². The minimum atomic E-state index is -0.260. The molecule has 0 saturated heterocycles. The number of amides is 2. The molecule has 1 aromatic heterocycles. The van der Waals surface area contributed by atoms with Gasteiger partial charge in [-0.2, -0.15) is 0 Å². The number of carbonyl (C=O) groups is 2. The van der Waals surface area contributed by atoms with Crippen molar-refractivity contribution in [3.8, 4) is 17.0 Å². The van der Waals surface area contributed by atoms with Crippen LogP contribution < -0.4 is 15.4 Å². The van der Waals surface area contributed by atoms with Crippen molar-refractivity contribution < 1.29 is 19.4 Å². The van der Waals surface area contributed by atoms with Gasteiger partial charge in [0.05, 0.1) is 22.9 Å². The van der Waals surface area contributed by atoms with Crippen LogP contribution in [0, 0.1) is 0 Å². The Balaban J connectivity index is 1.70. The number of ether oxygens (including phenoxy) is 1. The highest BCUT2D eigenvalue weighted by atomic mass is 35.5. The third-order valence-electron chi connectivity index (χ3n) is 6.06. The summed E-state index contributed by atoms with van der Waals surface area (Å²) >= 11 is 6.30. The first kappa shape index (κ1) is 29.2. The van der Waals surface area contributed by atoms with E-state index in [1.807, 2.05) is 62.7 Å². The highest BCUT2D eigenvalue weighted by Crippen LogP contribution is 2.27. The van der Waals surface area contributed by atoms with Crippen molar-refractivity contribution in [1.29, 1.82) is 0 Å². The van der Waals surface area contributed by atoms with E-state index >= 15 is 0 Å². The third-order valence-corrected chi connectivity index (χ3v) is 6.35. The van der Waals surface area contributed by atoms with Gasteiger partial charge in [0.1, 0.15) is 11.6 Å². The summed E-state index contributed by atoms with van der Waals surface area (Å²) in [6.45, 7) is 9.96. The van der Waals surface area contributed by atoms with Gasteiger partial charge in [-0.3, -0.25) is 9.59 Å². The summed E-state index contributed by atoms with van der Waals surface area (Å²) in [6, 6.07) is 12.5. The first-order valence-electron chi connectivity index (χ1n) is 12.9. The van der Waals surface area contributed by atoms with E-state index in [-0.39, 0.29) is 36.6 Å². The molecule has 3 rings (SSSR count). The molecule has 2 atom stereocenters. The largest absolute Gasteiger partial charge is 0.489 e. The van der Waals surface area contributed by atoms with Crippen molar-refractivity contribution in [2.45, 2.75) is 72.2 Å². The lowest BCUT2D eigenvalue weighted by Gasteiger charge is -2.19. The second kappa shape index (κ2) is 13.4. The zero-order valence-corrected chi connectivity index (χ0v) is 23.4. The number of rotatable bonds is 12. The molecule has 0 aliphatic carbocycles. The van der Waals surface area contributed by atoms with E-state index in [0.717, 1.165) is 29.2 Å². The maximum atomic E-state index is 12.9. The van der Waals surface area contributed by atoms with Gasteiger partial charge in [-0.1, -0.05) is 35.9 Å². The van der Waals surface area contributed by atoms with Gasteiger partial charge in [-0.25, -0.2) is 4.98 Å². The fraction of sp³-hybridized carbons (Fsp3) is 0.414. The van der Waals surface area contributed by atoms with E-state index in [9.17, 15) is 14.7 Å². The van der Waals surface area contributed by atoms with Crippen LogP contribution in [-0.4, -0.2) is 45.2 Å². The number of aryl methyl sites for hydroxylation is 1. The van der Waals surface area contributed by atoms with Gasteiger partial charge in [0.2, 0.25) is 5.91 Å². The molecule has 3 N–H and O–H groups in total. The molecular weight excluding hydrogens is 504 g/mol. The fourth-order valence-electron chi connectivity index (χ4n) is 4.28. The van der Waals surface area contributed by atoms with Crippen molar-refractivity contribution >= 4 is 23.4 Å². The SMILES string of the molecule is CCn1cc(-c2ccc(C[C@@H](CCO)NC(=O)c3ccc(OC(C)C)c(Cl)c3)cc2)nc1C(C)NC(C)=O. The Bertz CT molecular complexity index is 1240. The predicted molar refractivity (Wildman–Crippen MR) is 149 cm³/mol. The third kappa shape index (κ3) is 7.82. The van der Waals surface area contributed by atoms with Crippen molar-refractivity contribution in [2.24, 2.45) is 0 Å². The molecule has 0 bridgehead atoms. The first-order chi connectivity index (χ1) is 18.1. The average molecular weight is 541 g/mol. The molecule has 204 valence electrons. The molecular formula is C29H37ClN4O4. The average Bonchev–Trinajstić information content (AvgIpc) is 3.30. The Morgan fingerprint density at radius 1 is 1.11 bits per heavy atom. The summed E-state index contributed by atoms with van der Waals surface area (Å²) in [7, 11) is 0. The first-order valence-corrected chi connectivity index (χ1v) is 13.3. The van der Waals surface area contributed by atoms with Crippen molar-refractivity contribution in [3.05, 3.63) is 70.6 Å². The highest BCUT2D eigenvalue weighted by molar-refractivity contribution is 6.32. The molecule has 0 aliphatic heterocycles. The molecule has 0 saturated carbocycles. The lowest BCUT2D eigenvalue weighted by Crippen LogP contribution is -2.37. The molecule has 3 aromatic rings. The van der Waals surface area contributed by atoms with Crippen LogP contribution in [0.5, 0.6) is 5.75 Å². The van der Waals surface area contributed by atoms with Gasteiger partial charge in [0.25, 0.3) is 5.91 Å². The second-order valence-corrected chi connectivity index (χ2v) is 10.00. The molecule has 0 radical (unpaired) electrons. The molecule has 1 unspecified atom stereocenters. The molecule has 8 nitrogen and oxygen atoms in total. The minimum Gasteiger partial charge on any atom is -0.489 e. The van der Waals surface area contributed by atoms with Crippen molar-refractivity contribution in [2.75, 3.05) is 6.61 Å². The minimum absolute atomic E-state index is 0.0239. The zero-order chi connectivity index (χ0) is 27.8. The van der Waals surface area contributed by atoms with Crippen LogP contribution in [0.4, 0.5) is 0 Å². The Hall–Kier alpha value is -3.36. The maximum absolute atomic E-state index is 12.9. The van der Waals surface area contributed by atoms with Crippen LogP contribution in [0.3, 0.4) is 0 Å². The molecule has 9 heteroatoms. The Morgan fingerprint density at radius 2 is 1.82 bits per heavy atom. The van der Waals surface area contributed by atoms with Crippen LogP contribution in [0.2, 0.25) is 5.02 Å². The number of nitrogens with zero attached hydrogens (tertiary/aromatic N) is 2.